The molecule has 0 saturated heterocycles. The van der Waals surface area contributed by atoms with Crippen molar-refractivity contribution in [1.82, 2.24) is 10.3 Å². The largest absolute Gasteiger partial charge is 0.476 e. The highest BCUT2D eigenvalue weighted by Crippen LogP contribution is 2.00. The number of nitrogens with one attached hydrogen (secondary N) is 1. The van der Waals surface area contributed by atoms with E-state index in [4.69, 9.17) is 9.52 Å². The zero-order chi connectivity index (χ0) is 9.68. The third kappa shape index (κ3) is 2.72. The number of carbonyl (C=O) groups is 1. The van der Waals surface area contributed by atoms with Gasteiger partial charge in [-0.15, -0.1) is 6.58 Å². The van der Waals surface area contributed by atoms with Crippen LogP contribution >= 0.6 is 0 Å². The van der Waals surface area contributed by atoms with Crippen molar-refractivity contribution >= 4 is 5.97 Å². The van der Waals surface area contributed by atoms with E-state index in [0.29, 0.717) is 19.0 Å². The number of oxazole rings is 1. The molecule has 0 saturated carbocycles. The maximum Gasteiger partial charge on any atom is 0.357 e. The number of hydrogen-bond acceptors (Lipinski definition) is 4. The van der Waals surface area contributed by atoms with Crippen LogP contribution in [0.1, 0.15) is 16.4 Å². The van der Waals surface area contributed by atoms with Crippen LogP contribution < -0.4 is 5.32 Å². The van der Waals surface area contributed by atoms with Crippen molar-refractivity contribution in [2.45, 2.75) is 6.54 Å². The molecule has 0 unspecified atom stereocenters. The van der Waals surface area contributed by atoms with Gasteiger partial charge in [0.1, 0.15) is 6.26 Å². The van der Waals surface area contributed by atoms with E-state index >= 15 is 0 Å². The van der Waals surface area contributed by atoms with Gasteiger partial charge in [0.2, 0.25) is 5.89 Å². The minimum atomic E-state index is -1.08. The summed E-state index contributed by atoms with van der Waals surface area (Å²) in [7, 11) is 0. The molecule has 1 rings (SSSR count). The van der Waals surface area contributed by atoms with E-state index < -0.39 is 5.97 Å². The SMILES string of the molecule is C=CCNCc1nc(C(=O)O)co1. The molecule has 0 amide bonds. The topological polar surface area (TPSA) is 75.4 Å². The molecule has 0 aliphatic carbocycles. The van der Waals surface area contributed by atoms with Gasteiger partial charge in [0.25, 0.3) is 0 Å². The zero-order valence-electron chi connectivity index (χ0n) is 6.99. The van der Waals surface area contributed by atoms with Crippen LogP contribution in [0.3, 0.4) is 0 Å². The summed E-state index contributed by atoms with van der Waals surface area (Å²) in [5.41, 5.74) is -0.0737. The first-order chi connectivity index (χ1) is 6.24. The normalized spacial score (nSPS) is 9.85. The van der Waals surface area contributed by atoms with Crippen molar-refractivity contribution in [3.63, 3.8) is 0 Å². The molecule has 5 heteroatoms. The third-order valence-corrected chi connectivity index (χ3v) is 1.34. The Labute approximate surface area is 75.1 Å². The zero-order valence-corrected chi connectivity index (χ0v) is 6.99. The number of aromatic carboxylic acids is 1. The predicted octanol–water partition coefficient (Wildman–Crippen LogP) is 0.648. The number of carboxylic acids is 1. The van der Waals surface area contributed by atoms with Crippen LogP contribution in [0.2, 0.25) is 0 Å². The van der Waals surface area contributed by atoms with Crippen LogP contribution in [0.25, 0.3) is 0 Å². The fourth-order valence-electron chi connectivity index (χ4n) is 0.771. The predicted molar refractivity (Wildman–Crippen MR) is 45.4 cm³/mol. The molecule has 0 aromatic carbocycles. The van der Waals surface area contributed by atoms with Crippen LogP contribution in [0.15, 0.2) is 23.3 Å². The summed E-state index contributed by atoms with van der Waals surface area (Å²) in [5, 5.41) is 11.4. The van der Waals surface area contributed by atoms with Crippen LogP contribution in [-0.2, 0) is 6.54 Å². The quantitative estimate of drug-likeness (QED) is 0.516. The molecular formula is C8H10N2O3. The van der Waals surface area contributed by atoms with Gasteiger partial charge in [0.05, 0.1) is 6.54 Å². The second-order valence-electron chi connectivity index (χ2n) is 2.35. The molecule has 5 nitrogen and oxygen atoms in total. The second-order valence-corrected chi connectivity index (χ2v) is 2.35. The van der Waals surface area contributed by atoms with Crippen molar-refractivity contribution in [2.24, 2.45) is 0 Å². The number of aromatic nitrogens is 1. The summed E-state index contributed by atoms with van der Waals surface area (Å²) >= 11 is 0. The standard InChI is InChI=1S/C8H10N2O3/c1-2-3-9-4-7-10-6(5-13-7)8(11)12/h2,5,9H,1,3-4H2,(H,11,12). The average Bonchev–Trinajstić information content (AvgIpc) is 2.53. The first kappa shape index (κ1) is 9.47. The van der Waals surface area contributed by atoms with Gasteiger partial charge >= 0.3 is 5.97 Å². The Morgan fingerprint density at radius 1 is 1.85 bits per heavy atom. The highest BCUT2D eigenvalue weighted by molar-refractivity contribution is 5.84. The van der Waals surface area contributed by atoms with Gasteiger partial charge in [0, 0.05) is 6.54 Å². The van der Waals surface area contributed by atoms with Gasteiger partial charge in [-0.2, -0.15) is 0 Å². The smallest absolute Gasteiger partial charge is 0.357 e. The van der Waals surface area contributed by atoms with Gasteiger partial charge < -0.3 is 14.8 Å². The minimum Gasteiger partial charge on any atom is -0.476 e. The molecule has 0 aliphatic rings. The van der Waals surface area contributed by atoms with E-state index in [0.717, 1.165) is 6.26 Å². The summed E-state index contributed by atoms with van der Waals surface area (Å²) in [4.78, 5) is 14.1. The van der Waals surface area contributed by atoms with Crippen molar-refractivity contribution < 1.29 is 14.3 Å². The summed E-state index contributed by atoms with van der Waals surface area (Å²) in [6, 6.07) is 0. The monoisotopic (exact) mass is 182 g/mol. The Bertz CT molecular complexity index is 306. The molecule has 1 aromatic rings. The van der Waals surface area contributed by atoms with Gasteiger partial charge in [-0.1, -0.05) is 6.08 Å². The van der Waals surface area contributed by atoms with Gasteiger partial charge in [0.15, 0.2) is 5.69 Å². The minimum absolute atomic E-state index is 0.0737. The fraction of sp³-hybridized carbons (Fsp3) is 0.250. The molecule has 0 atom stereocenters. The molecule has 1 heterocycles. The van der Waals surface area contributed by atoms with Gasteiger partial charge in [-0.3, -0.25) is 0 Å². The highest BCUT2D eigenvalue weighted by Gasteiger charge is 2.08. The molecule has 0 fully saturated rings. The lowest BCUT2D eigenvalue weighted by atomic mass is 10.5. The van der Waals surface area contributed by atoms with Crippen LogP contribution in [0.5, 0.6) is 0 Å². The highest BCUT2D eigenvalue weighted by atomic mass is 16.4. The molecule has 70 valence electrons. The van der Waals surface area contributed by atoms with E-state index in [1.807, 2.05) is 0 Å². The maximum atomic E-state index is 10.4. The number of carboxylic acid groups (broad SMARTS) is 1. The van der Waals surface area contributed by atoms with E-state index in [1.165, 1.54) is 0 Å². The van der Waals surface area contributed by atoms with Gasteiger partial charge in [-0.05, 0) is 0 Å². The summed E-state index contributed by atoms with van der Waals surface area (Å²) in [6.45, 7) is 4.55. The lowest BCUT2D eigenvalue weighted by Gasteiger charge is -1.94. The second kappa shape index (κ2) is 4.42. The van der Waals surface area contributed by atoms with Crippen molar-refractivity contribution in [3.05, 3.63) is 30.5 Å². The lowest BCUT2D eigenvalue weighted by Crippen LogP contribution is -2.12. The van der Waals surface area contributed by atoms with Crippen LogP contribution in [-0.4, -0.2) is 22.6 Å². The summed E-state index contributed by atoms with van der Waals surface area (Å²) < 4.78 is 4.88. The third-order valence-electron chi connectivity index (χ3n) is 1.34. The Morgan fingerprint density at radius 2 is 2.62 bits per heavy atom. The molecule has 0 spiro atoms. The molecule has 0 bridgehead atoms. The van der Waals surface area contributed by atoms with E-state index in [9.17, 15) is 4.79 Å². The Kier molecular flexibility index (Phi) is 3.22. The number of hydrogen-bond donors (Lipinski definition) is 2. The average molecular weight is 182 g/mol. The van der Waals surface area contributed by atoms with Crippen LogP contribution in [0, 0.1) is 0 Å². The van der Waals surface area contributed by atoms with E-state index in [2.05, 4.69) is 16.9 Å². The maximum absolute atomic E-state index is 10.4. The molecule has 2 N–H and O–H groups in total. The molecule has 1 aromatic heterocycles. The Hall–Kier alpha value is -1.62. The molecule has 0 aliphatic heterocycles. The lowest BCUT2D eigenvalue weighted by molar-refractivity contribution is 0.0690. The van der Waals surface area contributed by atoms with Crippen LogP contribution in [0.4, 0.5) is 0 Å². The summed E-state index contributed by atoms with van der Waals surface area (Å²) in [6.07, 6.45) is 2.81. The van der Waals surface area contributed by atoms with Crippen molar-refractivity contribution in [1.29, 1.82) is 0 Å². The Morgan fingerprint density at radius 3 is 3.15 bits per heavy atom. The number of nitrogens with zero attached hydrogens (tertiary/aromatic N) is 1. The first-order valence-electron chi connectivity index (χ1n) is 3.73. The molecule has 13 heavy (non-hydrogen) atoms. The number of rotatable bonds is 5. The van der Waals surface area contributed by atoms with E-state index in [-0.39, 0.29) is 5.69 Å². The van der Waals surface area contributed by atoms with Crippen molar-refractivity contribution in [2.75, 3.05) is 6.54 Å². The van der Waals surface area contributed by atoms with E-state index in [1.54, 1.807) is 6.08 Å². The van der Waals surface area contributed by atoms with Gasteiger partial charge in [-0.25, -0.2) is 9.78 Å². The summed E-state index contributed by atoms with van der Waals surface area (Å²) in [5.74, 6) is -0.724. The first-order valence-corrected chi connectivity index (χ1v) is 3.73. The molecule has 0 radical (unpaired) electrons. The van der Waals surface area contributed by atoms with Crippen molar-refractivity contribution in [3.8, 4) is 0 Å². The fourth-order valence-corrected chi connectivity index (χ4v) is 0.771. The Balaban J connectivity index is 2.49. The molecular weight excluding hydrogens is 172 g/mol.